The molecular formula is C19H19NO3. The Balaban J connectivity index is 1.84. The van der Waals surface area contributed by atoms with Crippen molar-refractivity contribution in [2.45, 2.75) is 19.8 Å². The fraction of sp³-hybridized carbons (Fsp3) is 0.263. The number of carbonyl (C=O) groups is 1. The van der Waals surface area contributed by atoms with E-state index in [-0.39, 0.29) is 12.6 Å². The van der Waals surface area contributed by atoms with Crippen LogP contribution in [0.15, 0.2) is 48.5 Å². The van der Waals surface area contributed by atoms with E-state index in [0.29, 0.717) is 18.6 Å². The first-order chi connectivity index (χ1) is 11.2. The van der Waals surface area contributed by atoms with Crippen LogP contribution in [-0.2, 0) is 9.53 Å². The van der Waals surface area contributed by atoms with Crippen molar-refractivity contribution in [3.05, 3.63) is 54.1 Å². The largest absolute Gasteiger partial charge is 0.490 e. The highest BCUT2D eigenvalue weighted by Crippen LogP contribution is 2.22. The number of nitriles is 1. The molecule has 0 bridgehead atoms. The molecule has 118 valence electrons. The van der Waals surface area contributed by atoms with Crippen LogP contribution in [-0.4, -0.2) is 19.2 Å². The number of nitrogens with zero attached hydrogens (tertiary/aromatic N) is 1. The molecule has 0 spiro atoms. The van der Waals surface area contributed by atoms with E-state index in [2.05, 4.69) is 6.07 Å². The van der Waals surface area contributed by atoms with E-state index < -0.39 is 0 Å². The van der Waals surface area contributed by atoms with Crippen molar-refractivity contribution < 1.29 is 14.3 Å². The maximum absolute atomic E-state index is 11.2. The molecule has 0 unspecified atom stereocenters. The van der Waals surface area contributed by atoms with E-state index in [1.165, 1.54) is 0 Å². The van der Waals surface area contributed by atoms with Gasteiger partial charge >= 0.3 is 5.97 Å². The molecule has 0 amide bonds. The predicted octanol–water partition coefficient (Wildman–Crippen LogP) is 3.95. The molecular weight excluding hydrogens is 290 g/mol. The van der Waals surface area contributed by atoms with Gasteiger partial charge in [-0.2, -0.15) is 5.26 Å². The number of benzene rings is 2. The Labute approximate surface area is 136 Å². The molecule has 0 aromatic heterocycles. The van der Waals surface area contributed by atoms with Crippen LogP contribution in [0.3, 0.4) is 0 Å². The van der Waals surface area contributed by atoms with Gasteiger partial charge in [-0.1, -0.05) is 31.2 Å². The molecule has 0 atom stereocenters. The standard InChI is InChI=1S/C19H19NO3/c1-2-3-19(21)23-13-12-22-18-10-8-17(9-11-18)16-6-4-15(14-20)5-7-16/h4-11H,2-3,12-13H2,1H3. The number of esters is 1. The first kappa shape index (κ1) is 16.6. The number of carbonyl (C=O) groups excluding carboxylic acids is 1. The molecule has 2 rings (SSSR count). The molecule has 2 aromatic rings. The third kappa shape index (κ3) is 5.15. The number of ether oxygens (including phenoxy) is 2. The van der Waals surface area contributed by atoms with Gasteiger partial charge in [0.25, 0.3) is 0 Å². The zero-order chi connectivity index (χ0) is 16.5. The summed E-state index contributed by atoms with van der Waals surface area (Å²) in [5.74, 6) is 0.543. The summed E-state index contributed by atoms with van der Waals surface area (Å²) in [5.41, 5.74) is 2.74. The van der Waals surface area contributed by atoms with Crippen molar-refractivity contribution in [3.8, 4) is 22.9 Å². The lowest BCUT2D eigenvalue weighted by molar-refractivity contribution is -0.144. The van der Waals surface area contributed by atoms with E-state index in [1.54, 1.807) is 12.1 Å². The molecule has 0 saturated heterocycles. The summed E-state index contributed by atoms with van der Waals surface area (Å²) in [7, 11) is 0. The maximum Gasteiger partial charge on any atom is 0.305 e. The number of hydrogen-bond donors (Lipinski definition) is 0. The van der Waals surface area contributed by atoms with E-state index in [0.717, 1.165) is 23.3 Å². The molecule has 0 N–H and O–H groups in total. The average molecular weight is 309 g/mol. The predicted molar refractivity (Wildman–Crippen MR) is 88.0 cm³/mol. The lowest BCUT2D eigenvalue weighted by atomic mass is 10.0. The van der Waals surface area contributed by atoms with Crippen molar-refractivity contribution in [2.24, 2.45) is 0 Å². The third-order valence-electron chi connectivity index (χ3n) is 3.27. The van der Waals surface area contributed by atoms with Crippen LogP contribution in [0.25, 0.3) is 11.1 Å². The van der Waals surface area contributed by atoms with E-state index in [1.807, 2.05) is 43.3 Å². The van der Waals surface area contributed by atoms with Gasteiger partial charge in [0, 0.05) is 6.42 Å². The molecule has 0 heterocycles. The zero-order valence-electron chi connectivity index (χ0n) is 13.1. The van der Waals surface area contributed by atoms with Gasteiger partial charge in [0.15, 0.2) is 0 Å². The highest BCUT2D eigenvalue weighted by atomic mass is 16.6. The van der Waals surface area contributed by atoms with Crippen molar-refractivity contribution in [3.63, 3.8) is 0 Å². The lowest BCUT2D eigenvalue weighted by Gasteiger charge is -2.08. The van der Waals surface area contributed by atoms with Crippen molar-refractivity contribution in [1.29, 1.82) is 5.26 Å². The third-order valence-corrected chi connectivity index (χ3v) is 3.27. The Morgan fingerprint density at radius 2 is 1.61 bits per heavy atom. The Morgan fingerprint density at radius 3 is 2.17 bits per heavy atom. The van der Waals surface area contributed by atoms with Crippen LogP contribution in [0.4, 0.5) is 0 Å². The van der Waals surface area contributed by atoms with Crippen molar-refractivity contribution in [2.75, 3.05) is 13.2 Å². The van der Waals surface area contributed by atoms with Gasteiger partial charge < -0.3 is 9.47 Å². The number of rotatable bonds is 7. The van der Waals surface area contributed by atoms with Gasteiger partial charge in [0.1, 0.15) is 19.0 Å². The fourth-order valence-electron chi connectivity index (χ4n) is 2.07. The van der Waals surface area contributed by atoms with Gasteiger partial charge in [-0.25, -0.2) is 0 Å². The molecule has 0 aliphatic carbocycles. The number of hydrogen-bond acceptors (Lipinski definition) is 4. The van der Waals surface area contributed by atoms with Crippen molar-refractivity contribution in [1.82, 2.24) is 0 Å². The minimum Gasteiger partial charge on any atom is -0.490 e. The summed E-state index contributed by atoms with van der Waals surface area (Å²) >= 11 is 0. The van der Waals surface area contributed by atoms with Gasteiger partial charge in [-0.15, -0.1) is 0 Å². The molecule has 0 fully saturated rings. The van der Waals surface area contributed by atoms with Crippen LogP contribution in [0.1, 0.15) is 25.3 Å². The normalized spacial score (nSPS) is 9.91. The smallest absolute Gasteiger partial charge is 0.305 e. The highest BCUT2D eigenvalue weighted by Gasteiger charge is 2.02. The monoisotopic (exact) mass is 309 g/mol. The molecule has 0 aliphatic rings. The molecule has 4 nitrogen and oxygen atoms in total. The summed E-state index contributed by atoms with van der Waals surface area (Å²) in [6.07, 6.45) is 1.23. The summed E-state index contributed by atoms with van der Waals surface area (Å²) in [4.78, 5) is 11.2. The first-order valence-corrected chi connectivity index (χ1v) is 7.62. The van der Waals surface area contributed by atoms with Gasteiger partial charge in [-0.05, 0) is 41.8 Å². The van der Waals surface area contributed by atoms with Crippen molar-refractivity contribution >= 4 is 5.97 Å². The van der Waals surface area contributed by atoms with Crippen LogP contribution < -0.4 is 4.74 Å². The average Bonchev–Trinajstić information content (AvgIpc) is 2.60. The first-order valence-electron chi connectivity index (χ1n) is 7.62. The summed E-state index contributed by atoms with van der Waals surface area (Å²) < 4.78 is 10.6. The quantitative estimate of drug-likeness (QED) is 0.574. The molecule has 0 radical (unpaired) electrons. The Kier molecular flexibility index (Phi) is 6.19. The van der Waals surface area contributed by atoms with Crippen LogP contribution in [0.2, 0.25) is 0 Å². The fourth-order valence-corrected chi connectivity index (χ4v) is 2.07. The molecule has 2 aromatic carbocycles. The van der Waals surface area contributed by atoms with Gasteiger partial charge in [0.05, 0.1) is 11.6 Å². The Bertz CT molecular complexity index is 669. The second-order valence-electron chi connectivity index (χ2n) is 5.03. The highest BCUT2D eigenvalue weighted by molar-refractivity contribution is 5.69. The summed E-state index contributed by atoms with van der Waals surface area (Å²) in [5, 5.41) is 8.80. The van der Waals surface area contributed by atoms with E-state index >= 15 is 0 Å². The molecule has 4 heteroatoms. The van der Waals surface area contributed by atoms with E-state index in [9.17, 15) is 4.79 Å². The van der Waals surface area contributed by atoms with E-state index in [4.69, 9.17) is 14.7 Å². The van der Waals surface area contributed by atoms with Crippen LogP contribution in [0, 0.1) is 11.3 Å². The molecule has 0 saturated carbocycles. The molecule has 0 aliphatic heterocycles. The van der Waals surface area contributed by atoms with Gasteiger partial charge in [-0.3, -0.25) is 4.79 Å². The van der Waals surface area contributed by atoms with Crippen LogP contribution in [0.5, 0.6) is 5.75 Å². The second-order valence-corrected chi connectivity index (χ2v) is 5.03. The topological polar surface area (TPSA) is 59.3 Å². The molecule has 23 heavy (non-hydrogen) atoms. The zero-order valence-corrected chi connectivity index (χ0v) is 13.1. The Morgan fingerprint density at radius 1 is 1.00 bits per heavy atom. The summed E-state index contributed by atoms with van der Waals surface area (Å²) in [6, 6.07) is 17.2. The van der Waals surface area contributed by atoms with Crippen LogP contribution >= 0.6 is 0 Å². The minimum atomic E-state index is -0.188. The SMILES string of the molecule is CCCC(=O)OCCOc1ccc(-c2ccc(C#N)cc2)cc1. The Hall–Kier alpha value is -2.80. The summed E-state index contributed by atoms with van der Waals surface area (Å²) in [6.45, 7) is 2.54. The lowest BCUT2D eigenvalue weighted by Crippen LogP contribution is -2.11. The minimum absolute atomic E-state index is 0.188. The van der Waals surface area contributed by atoms with Gasteiger partial charge in [0.2, 0.25) is 0 Å². The second kappa shape index (κ2) is 8.60. The maximum atomic E-state index is 11.2.